The van der Waals surface area contributed by atoms with Crippen LogP contribution < -0.4 is 10.9 Å². The molecule has 1 saturated heterocycles. The standard InChI is InChI=1S/C13H20BrN3O3/c1-2-3-4-17-13(18)12(14)11(8-16-17)15-7-10-9-19-5-6-20-10/h8,10,15H,2-7,9H2,1H3. The van der Waals surface area contributed by atoms with Gasteiger partial charge < -0.3 is 14.8 Å². The first-order chi connectivity index (χ1) is 9.72. The number of nitrogens with zero attached hydrogens (tertiary/aromatic N) is 2. The number of aromatic nitrogens is 2. The van der Waals surface area contributed by atoms with Crippen LogP contribution in [0.2, 0.25) is 0 Å². The van der Waals surface area contributed by atoms with Gasteiger partial charge in [-0.05, 0) is 22.4 Å². The maximum absolute atomic E-state index is 12.1. The van der Waals surface area contributed by atoms with Gasteiger partial charge in [0.2, 0.25) is 0 Å². The first-order valence-electron chi connectivity index (χ1n) is 6.91. The van der Waals surface area contributed by atoms with Crippen LogP contribution in [0, 0.1) is 0 Å². The topological polar surface area (TPSA) is 65.4 Å². The fourth-order valence-corrected chi connectivity index (χ4v) is 2.38. The number of anilines is 1. The van der Waals surface area contributed by atoms with Gasteiger partial charge in [-0.1, -0.05) is 13.3 Å². The average Bonchev–Trinajstić information content (AvgIpc) is 2.49. The number of ether oxygens (including phenoxy) is 2. The number of aryl methyl sites for hydroxylation is 1. The lowest BCUT2D eigenvalue weighted by Crippen LogP contribution is -2.34. The second kappa shape index (κ2) is 7.75. The molecule has 1 aliphatic heterocycles. The molecule has 0 amide bonds. The maximum Gasteiger partial charge on any atom is 0.283 e. The minimum atomic E-state index is -0.107. The van der Waals surface area contributed by atoms with Crippen molar-refractivity contribution >= 4 is 21.6 Å². The Kier molecular flexibility index (Phi) is 6.00. The molecule has 6 nitrogen and oxygen atoms in total. The Morgan fingerprint density at radius 3 is 3.10 bits per heavy atom. The summed E-state index contributed by atoms with van der Waals surface area (Å²) in [7, 11) is 0. The number of halogens is 1. The van der Waals surface area contributed by atoms with Crippen molar-refractivity contribution in [3.05, 3.63) is 21.0 Å². The highest BCUT2D eigenvalue weighted by atomic mass is 79.9. The molecule has 1 aromatic rings. The Hall–Kier alpha value is -0.920. The lowest BCUT2D eigenvalue weighted by Gasteiger charge is -2.23. The average molecular weight is 346 g/mol. The van der Waals surface area contributed by atoms with Crippen molar-refractivity contribution in [2.24, 2.45) is 0 Å². The van der Waals surface area contributed by atoms with E-state index < -0.39 is 0 Å². The Bertz CT molecular complexity index is 486. The van der Waals surface area contributed by atoms with Crippen LogP contribution in [-0.2, 0) is 16.0 Å². The van der Waals surface area contributed by atoms with Crippen molar-refractivity contribution in [3.8, 4) is 0 Å². The number of hydrogen-bond donors (Lipinski definition) is 1. The molecule has 0 bridgehead atoms. The third-order valence-corrected chi connectivity index (χ3v) is 3.88. The summed E-state index contributed by atoms with van der Waals surface area (Å²) >= 11 is 3.34. The summed E-state index contributed by atoms with van der Waals surface area (Å²) in [4.78, 5) is 12.1. The van der Waals surface area contributed by atoms with Gasteiger partial charge in [0.15, 0.2) is 0 Å². The van der Waals surface area contributed by atoms with Gasteiger partial charge in [0.1, 0.15) is 4.47 Å². The van der Waals surface area contributed by atoms with Crippen molar-refractivity contribution in [3.63, 3.8) is 0 Å². The van der Waals surface area contributed by atoms with Crippen LogP contribution in [0.5, 0.6) is 0 Å². The van der Waals surface area contributed by atoms with E-state index in [9.17, 15) is 4.79 Å². The molecule has 1 unspecified atom stereocenters. The SMILES string of the molecule is CCCCn1ncc(NCC2COCCO2)c(Br)c1=O. The summed E-state index contributed by atoms with van der Waals surface area (Å²) in [6, 6.07) is 0. The third-order valence-electron chi connectivity index (χ3n) is 3.11. The monoisotopic (exact) mass is 345 g/mol. The van der Waals surface area contributed by atoms with Gasteiger partial charge in [0.25, 0.3) is 5.56 Å². The van der Waals surface area contributed by atoms with Crippen LogP contribution in [0.25, 0.3) is 0 Å². The Balaban J connectivity index is 1.97. The van der Waals surface area contributed by atoms with E-state index >= 15 is 0 Å². The normalized spacial score (nSPS) is 19.0. The molecule has 1 N–H and O–H groups in total. The van der Waals surface area contributed by atoms with E-state index in [-0.39, 0.29) is 11.7 Å². The van der Waals surface area contributed by atoms with Gasteiger partial charge >= 0.3 is 0 Å². The van der Waals surface area contributed by atoms with E-state index in [0.29, 0.717) is 43.1 Å². The third kappa shape index (κ3) is 4.04. The highest BCUT2D eigenvalue weighted by Crippen LogP contribution is 2.16. The predicted molar refractivity (Wildman–Crippen MR) is 80.2 cm³/mol. The molecule has 112 valence electrons. The van der Waals surface area contributed by atoms with Crippen LogP contribution >= 0.6 is 15.9 Å². The highest BCUT2D eigenvalue weighted by molar-refractivity contribution is 9.10. The zero-order chi connectivity index (χ0) is 14.4. The zero-order valence-electron chi connectivity index (χ0n) is 11.6. The minimum absolute atomic E-state index is 0.0122. The maximum atomic E-state index is 12.1. The van der Waals surface area contributed by atoms with Crippen LogP contribution in [0.15, 0.2) is 15.5 Å². The van der Waals surface area contributed by atoms with Crippen molar-refractivity contribution < 1.29 is 9.47 Å². The van der Waals surface area contributed by atoms with Crippen molar-refractivity contribution in [2.45, 2.75) is 32.4 Å². The van der Waals surface area contributed by atoms with Crippen LogP contribution in [0.4, 0.5) is 5.69 Å². The van der Waals surface area contributed by atoms with Crippen LogP contribution in [-0.4, -0.2) is 42.2 Å². The smallest absolute Gasteiger partial charge is 0.283 e. The summed E-state index contributed by atoms with van der Waals surface area (Å²) < 4.78 is 12.9. The molecule has 0 radical (unpaired) electrons. The Morgan fingerprint density at radius 1 is 1.55 bits per heavy atom. The van der Waals surface area contributed by atoms with E-state index in [1.165, 1.54) is 4.68 Å². The lowest BCUT2D eigenvalue weighted by atomic mass is 10.3. The fourth-order valence-electron chi connectivity index (χ4n) is 1.93. The van der Waals surface area contributed by atoms with Gasteiger partial charge in [-0.2, -0.15) is 5.10 Å². The van der Waals surface area contributed by atoms with E-state index in [4.69, 9.17) is 9.47 Å². The fraction of sp³-hybridized carbons (Fsp3) is 0.692. The summed E-state index contributed by atoms with van der Waals surface area (Å²) in [5.41, 5.74) is 0.584. The first kappa shape index (κ1) is 15.5. The van der Waals surface area contributed by atoms with E-state index in [0.717, 1.165) is 12.8 Å². The molecule has 1 fully saturated rings. The number of nitrogens with one attached hydrogen (secondary N) is 1. The predicted octanol–water partition coefficient (Wildman–Crippen LogP) is 1.63. The second-order valence-electron chi connectivity index (χ2n) is 4.70. The van der Waals surface area contributed by atoms with E-state index in [1.807, 2.05) is 0 Å². The summed E-state index contributed by atoms with van der Waals surface area (Å²) in [5, 5.41) is 7.36. The molecule has 2 heterocycles. The van der Waals surface area contributed by atoms with Gasteiger partial charge in [0, 0.05) is 13.1 Å². The first-order valence-corrected chi connectivity index (χ1v) is 7.70. The van der Waals surface area contributed by atoms with Crippen molar-refractivity contribution in [1.82, 2.24) is 9.78 Å². The summed E-state index contributed by atoms with van der Waals surface area (Å²) in [6.07, 6.45) is 3.66. The Morgan fingerprint density at radius 2 is 2.40 bits per heavy atom. The molecule has 0 aromatic carbocycles. The Labute approximate surface area is 126 Å². The van der Waals surface area contributed by atoms with Gasteiger partial charge in [-0.15, -0.1) is 0 Å². The van der Waals surface area contributed by atoms with E-state index in [1.54, 1.807) is 6.20 Å². The van der Waals surface area contributed by atoms with Gasteiger partial charge in [0.05, 0.1) is 37.8 Å². The molecule has 1 aromatic heterocycles. The summed E-state index contributed by atoms with van der Waals surface area (Å²) in [5.74, 6) is 0. The molecule has 1 atom stereocenters. The van der Waals surface area contributed by atoms with Crippen molar-refractivity contribution in [2.75, 3.05) is 31.7 Å². The number of hydrogen-bond acceptors (Lipinski definition) is 5. The summed E-state index contributed by atoms with van der Waals surface area (Å²) in [6.45, 7) is 5.17. The second-order valence-corrected chi connectivity index (χ2v) is 5.50. The molecule has 1 aliphatic rings. The van der Waals surface area contributed by atoms with Gasteiger partial charge in [-0.3, -0.25) is 4.79 Å². The molecule has 2 rings (SSSR count). The number of rotatable bonds is 6. The highest BCUT2D eigenvalue weighted by Gasteiger charge is 2.15. The molecule has 0 saturated carbocycles. The zero-order valence-corrected chi connectivity index (χ0v) is 13.2. The molecule has 0 aliphatic carbocycles. The molecular formula is C13H20BrN3O3. The molecule has 7 heteroatoms. The van der Waals surface area contributed by atoms with Gasteiger partial charge in [-0.25, -0.2) is 4.68 Å². The van der Waals surface area contributed by atoms with E-state index in [2.05, 4.69) is 33.3 Å². The lowest BCUT2D eigenvalue weighted by molar-refractivity contribution is -0.0818. The van der Waals surface area contributed by atoms with Crippen molar-refractivity contribution in [1.29, 1.82) is 0 Å². The molecular weight excluding hydrogens is 326 g/mol. The van der Waals surface area contributed by atoms with Crippen LogP contribution in [0.3, 0.4) is 0 Å². The molecule has 20 heavy (non-hydrogen) atoms. The minimum Gasteiger partial charge on any atom is -0.380 e. The number of unbranched alkanes of at least 4 members (excludes halogenated alkanes) is 1. The largest absolute Gasteiger partial charge is 0.380 e. The van der Waals surface area contributed by atoms with Crippen LogP contribution in [0.1, 0.15) is 19.8 Å². The molecule has 0 spiro atoms. The quantitative estimate of drug-likeness (QED) is 0.848.